The number of nitrogens with one attached hydrogen (secondary N) is 1. The van der Waals surface area contributed by atoms with Crippen LogP contribution in [0.4, 0.5) is 28.4 Å². The molecule has 0 radical (unpaired) electrons. The normalized spacial score (nSPS) is 12.3. The van der Waals surface area contributed by atoms with Crippen molar-refractivity contribution in [3.05, 3.63) is 108 Å². The van der Waals surface area contributed by atoms with Crippen molar-refractivity contribution in [3.63, 3.8) is 0 Å². The zero-order valence-corrected chi connectivity index (χ0v) is 25.8. The molecule has 46 heavy (non-hydrogen) atoms. The first-order valence-electron chi connectivity index (χ1n) is 13.4. The number of nitrogens with zero attached hydrogens (tertiary/aromatic N) is 4. The van der Waals surface area contributed by atoms with E-state index in [1.165, 1.54) is 42.5 Å². The molecule has 0 aliphatic heterocycles. The summed E-state index contributed by atoms with van der Waals surface area (Å²) >= 11 is 0. The summed E-state index contributed by atoms with van der Waals surface area (Å²) in [6.45, 7) is 3.33. The second-order valence-corrected chi connectivity index (χ2v) is 12.9. The number of aryl methyl sites for hydroxylation is 2. The van der Waals surface area contributed by atoms with Gasteiger partial charge in [-0.25, -0.2) is 0 Å². The summed E-state index contributed by atoms with van der Waals surface area (Å²) in [7, 11) is -9.22. The molecule has 234 valence electrons. The standard InChI is InChI=1S/C31H25N5O8S2/c1-18-14-23(9-12-26(18)34-35-27-13-10-24(15-19(27)2)45(39,40)41)33-36-29-28(46(42,43)44)17-21-16-22(8-11-25(21)30(29)37)32-31(38)20-6-4-3-5-7-20/h3-17,37H,1-2H3,(H,32,38)(H,39,40,41)(H,42,43,44). The summed E-state index contributed by atoms with van der Waals surface area (Å²) in [6, 6.07) is 22.6. The van der Waals surface area contributed by atoms with Crippen LogP contribution in [0.1, 0.15) is 21.5 Å². The number of hydrogen-bond donors (Lipinski definition) is 4. The molecule has 0 aliphatic carbocycles. The Labute approximate surface area is 263 Å². The molecule has 5 aromatic carbocycles. The van der Waals surface area contributed by atoms with E-state index in [2.05, 4.69) is 25.8 Å². The topological polar surface area (TPSA) is 208 Å². The molecule has 0 saturated carbocycles. The molecule has 15 heteroatoms. The number of aromatic hydroxyl groups is 1. The van der Waals surface area contributed by atoms with Crippen LogP contribution < -0.4 is 5.32 Å². The Kier molecular flexibility index (Phi) is 8.76. The van der Waals surface area contributed by atoms with Crippen LogP contribution in [0, 0.1) is 13.8 Å². The highest BCUT2D eigenvalue weighted by atomic mass is 32.2. The Morgan fingerprint density at radius 3 is 1.96 bits per heavy atom. The number of azo groups is 2. The first kappa shape index (κ1) is 32.1. The zero-order chi connectivity index (χ0) is 33.2. The molecule has 0 saturated heterocycles. The Morgan fingerprint density at radius 1 is 0.696 bits per heavy atom. The van der Waals surface area contributed by atoms with E-state index in [9.17, 15) is 35.8 Å². The second kappa shape index (κ2) is 12.6. The average Bonchev–Trinajstić information content (AvgIpc) is 3.00. The molecule has 0 unspecified atom stereocenters. The molecule has 1 amide bonds. The minimum atomic E-state index is -4.87. The predicted molar refractivity (Wildman–Crippen MR) is 170 cm³/mol. The van der Waals surface area contributed by atoms with E-state index < -0.39 is 42.5 Å². The predicted octanol–water partition coefficient (Wildman–Crippen LogP) is 7.74. The van der Waals surface area contributed by atoms with Gasteiger partial charge in [0.05, 0.1) is 22.0 Å². The molecule has 4 N–H and O–H groups in total. The van der Waals surface area contributed by atoms with E-state index in [1.54, 1.807) is 56.3 Å². The second-order valence-electron chi connectivity index (χ2n) is 10.1. The lowest BCUT2D eigenvalue weighted by Gasteiger charge is -2.11. The van der Waals surface area contributed by atoms with Gasteiger partial charge in [-0.1, -0.05) is 18.2 Å². The minimum absolute atomic E-state index is 0.200. The molecular weight excluding hydrogens is 635 g/mol. The number of phenolic OH excluding ortho intramolecular Hbond substituents is 1. The molecule has 5 rings (SSSR count). The molecule has 5 aromatic rings. The number of phenols is 1. The van der Waals surface area contributed by atoms with Gasteiger partial charge in [-0.2, -0.15) is 32.2 Å². The van der Waals surface area contributed by atoms with Gasteiger partial charge in [-0.05, 0) is 103 Å². The highest BCUT2D eigenvalue weighted by Gasteiger charge is 2.22. The molecule has 0 atom stereocenters. The fraction of sp³-hybridized carbons (Fsp3) is 0.0645. The average molecular weight is 660 g/mol. The van der Waals surface area contributed by atoms with Crippen molar-refractivity contribution >= 4 is 65.4 Å². The lowest BCUT2D eigenvalue weighted by molar-refractivity contribution is 0.102. The van der Waals surface area contributed by atoms with Gasteiger partial charge in [0.1, 0.15) is 10.6 Å². The Balaban J connectivity index is 1.42. The third kappa shape index (κ3) is 7.13. The fourth-order valence-corrected chi connectivity index (χ4v) is 5.67. The van der Waals surface area contributed by atoms with Crippen molar-refractivity contribution < 1.29 is 35.8 Å². The number of hydrogen-bond acceptors (Lipinski definition) is 10. The van der Waals surface area contributed by atoms with E-state index in [-0.39, 0.29) is 21.4 Å². The van der Waals surface area contributed by atoms with E-state index in [0.29, 0.717) is 33.8 Å². The molecule has 0 heterocycles. The van der Waals surface area contributed by atoms with E-state index in [4.69, 9.17) is 0 Å². The van der Waals surface area contributed by atoms with Crippen molar-refractivity contribution in [2.45, 2.75) is 23.6 Å². The highest BCUT2D eigenvalue weighted by molar-refractivity contribution is 7.86. The number of amides is 1. The highest BCUT2D eigenvalue weighted by Crippen LogP contribution is 2.42. The molecule has 13 nitrogen and oxygen atoms in total. The van der Waals surface area contributed by atoms with Crippen molar-refractivity contribution in [1.29, 1.82) is 0 Å². The van der Waals surface area contributed by atoms with Crippen molar-refractivity contribution in [2.75, 3.05) is 5.32 Å². The number of rotatable bonds is 8. The fourth-order valence-electron chi connectivity index (χ4n) is 4.45. The van der Waals surface area contributed by atoms with E-state index in [0.717, 1.165) is 6.07 Å². The lowest BCUT2D eigenvalue weighted by Crippen LogP contribution is -2.11. The maximum absolute atomic E-state index is 12.6. The molecule has 0 aliphatic rings. The molecule has 0 bridgehead atoms. The quantitative estimate of drug-likeness (QED) is 0.0954. The van der Waals surface area contributed by atoms with Gasteiger partial charge >= 0.3 is 0 Å². The van der Waals surface area contributed by atoms with Crippen LogP contribution in [-0.2, 0) is 20.2 Å². The van der Waals surface area contributed by atoms with Crippen LogP contribution >= 0.6 is 0 Å². The van der Waals surface area contributed by atoms with Crippen LogP contribution in [0.5, 0.6) is 5.75 Å². The minimum Gasteiger partial charge on any atom is -0.505 e. The first-order valence-corrected chi connectivity index (χ1v) is 16.2. The summed E-state index contributed by atoms with van der Waals surface area (Å²) in [6.07, 6.45) is 0. The Morgan fingerprint density at radius 2 is 1.35 bits per heavy atom. The largest absolute Gasteiger partial charge is 0.505 e. The van der Waals surface area contributed by atoms with Gasteiger partial charge in [0, 0.05) is 16.6 Å². The summed E-state index contributed by atoms with van der Waals surface area (Å²) in [4.78, 5) is 11.6. The van der Waals surface area contributed by atoms with E-state index in [1.807, 2.05) is 0 Å². The lowest BCUT2D eigenvalue weighted by atomic mass is 10.1. The van der Waals surface area contributed by atoms with Crippen molar-refractivity contribution in [1.82, 2.24) is 0 Å². The van der Waals surface area contributed by atoms with Crippen molar-refractivity contribution in [2.24, 2.45) is 20.5 Å². The van der Waals surface area contributed by atoms with Crippen LogP contribution in [-0.4, -0.2) is 37.0 Å². The van der Waals surface area contributed by atoms with Crippen LogP contribution in [0.15, 0.2) is 121 Å². The third-order valence-corrected chi connectivity index (χ3v) is 8.52. The molecular formula is C31H25N5O8S2. The molecule has 0 spiro atoms. The SMILES string of the molecule is Cc1cc(N=Nc2c(S(=O)(=O)O)cc3cc(NC(=O)c4ccccc4)ccc3c2O)ccc1N=Nc1ccc(S(=O)(=O)O)cc1C. The molecule has 0 aromatic heterocycles. The van der Waals surface area contributed by atoms with Crippen molar-refractivity contribution in [3.8, 4) is 5.75 Å². The van der Waals surface area contributed by atoms with Gasteiger partial charge in [0.2, 0.25) is 0 Å². The number of carbonyl (C=O) groups is 1. The number of fused-ring (bicyclic) bond motifs is 1. The van der Waals surface area contributed by atoms with Gasteiger partial charge in [0.15, 0.2) is 5.75 Å². The summed E-state index contributed by atoms with van der Waals surface area (Å²) in [5, 5.41) is 30.4. The third-order valence-electron chi connectivity index (χ3n) is 6.80. The van der Waals surface area contributed by atoms with E-state index >= 15 is 0 Å². The Bertz CT molecular complexity index is 2290. The Hall–Kier alpha value is -5.35. The zero-order valence-electron chi connectivity index (χ0n) is 24.1. The maximum atomic E-state index is 12.6. The van der Waals surface area contributed by atoms with Gasteiger partial charge < -0.3 is 10.4 Å². The summed E-state index contributed by atoms with van der Waals surface area (Å²) in [5.41, 5.74) is 2.43. The maximum Gasteiger partial charge on any atom is 0.296 e. The van der Waals surface area contributed by atoms with Crippen LogP contribution in [0.3, 0.4) is 0 Å². The van der Waals surface area contributed by atoms with Gasteiger partial charge in [0.25, 0.3) is 26.1 Å². The monoisotopic (exact) mass is 659 g/mol. The smallest absolute Gasteiger partial charge is 0.296 e. The number of benzene rings is 5. The summed E-state index contributed by atoms with van der Waals surface area (Å²) < 4.78 is 66.4. The van der Waals surface area contributed by atoms with Gasteiger partial charge in [-0.15, -0.1) is 5.11 Å². The van der Waals surface area contributed by atoms with Crippen LogP contribution in [0.2, 0.25) is 0 Å². The van der Waals surface area contributed by atoms with Crippen LogP contribution in [0.25, 0.3) is 10.8 Å². The summed E-state index contributed by atoms with van der Waals surface area (Å²) in [5.74, 6) is -0.941. The number of anilines is 1. The first-order chi connectivity index (χ1) is 21.7. The van der Waals surface area contributed by atoms with Gasteiger partial charge in [-0.3, -0.25) is 13.9 Å². The number of carbonyl (C=O) groups excluding carboxylic acids is 1. The molecule has 0 fully saturated rings.